The van der Waals surface area contributed by atoms with Gasteiger partial charge in [-0.3, -0.25) is 4.79 Å². The summed E-state index contributed by atoms with van der Waals surface area (Å²) in [6.07, 6.45) is 0.330. The Bertz CT molecular complexity index is 399. The molecular weight excluding hydrogens is 220 g/mol. The number of carbonyl (C=O) groups is 1. The van der Waals surface area contributed by atoms with Crippen LogP contribution >= 0.6 is 0 Å². The van der Waals surface area contributed by atoms with Crippen molar-refractivity contribution in [1.82, 2.24) is 0 Å². The minimum Gasteiger partial charge on any atom is -0.493 e. The Morgan fingerprint density at radius 1 is 1.18 bits per heavy atom. The van der Waals surface area contributed by atoms with E-state index in [9.17, 15) is 4.79 Å². The van der Waals surface area contributed by atoms with Crippen LogP contribution in [-0.2, 0) is 22.6 Å². The first-order chi connectivity index (χ1) is 8.12. The van der Waals surface area contributed by atoms with Crippen LogP contribution in [0.5, 0.6) is 11.5 Å². The highest BCUT2D eigenvalue weighted by molar-refractivity contribution is 5.79. The fraction of sp³-hybridized carbons (Fsp3) is 0.462. The predicted octanol–water partition coefficient (Wildman–Crippen LogP) is 1.98. The Hall–Kier alpha value is -1.55. The second kappa shape index (κ2) is 6.25. The number of hydrogen-bond acceptors (Lipinski definition) is 4. The van der Waals surface area contributed by atoms with Gasteiger partial charge in [-0.2, -0.15) is 0 Å². The molecule has 0 atom stereocenters. The van der Waals surface area contributed by atoms with Gasteiger partial charge in [0.05, 0.1) is 20.8 Å². The van der Waals surface area contributed by atoms with E-state index in [2.05, 4.69) is 0 Å². The molecule has 4 nitrogen and oxygen atoms in total. The van der Waals surface area contributed by atoms with Gasteiger partial charge in [-0.05, 0) is 24.6 Å². The Kier molecular flexibility index (Phi) is 4.97. The highest BCUT2D eigenvalue weighted by Crippen LogP contribution is 2.33. The van der Waals surface area contributed by atoms with Gasteiger partial charge in [0.2, 0.25) is 0 Å². The molecule has 94 valence electrons. The SMILES string of the molecule is COCc1cc(CC(C)=O)c(OC)c(OC)c1. The lowest BCUT2D eigenvalue weighted by Crippen LogP contribution is -2.03. The van der Waals surface area contributed by atoms with E-state index in [0.717, 1.165) is 11.1 Å². The van der Waals surface area contributed by atoms with Gasteiger partial charge >= 0.3 is 0 Å². The quantitative estimate of drug-likeness (QED) is 0.760. The molecule has 0 aliphatic rings. The van der Waals surface area contributed by atoms with Gasteiger partial charge in [0.1, 0.15) is 5.78 Å². The zero-order chi connectivity index (χ0) is 12.8. The van der Waals surface area contributed by atoms with E-state index >= 15 is 0 Å². The van der Waals surface area contributed by atoms with Crippen molar-refractivity contribution in [3.05, 3.63) is 23.3 Å². The van der Waals surface area contributed by atoms with Gasteiger partial charge in [0.25, 0.3) is 0 Å². The highest BCUT2D eigenvalue weighted by atomic mass is 16.5. The summed E-state index contributed by atoms with van der Waals surface area (Å²) in [5.74, 6) is 1.32. The predicted molar refractivity (Wildman–Crippen MR) is 64.6 cm³/mol. The van der Waals surface area contributed by atoms with Crippen molar-refractivity contribution >= 4 is 5.78 Å². The molecule has 17 heavy (non-hydrogen) atoms. The molecule has 0 saturated carbocycles. The molecule has 1 aromatic rings. The Labute approximate surface area is 101 Å². The van der Waals surface area contributed by atoms with Gasteiger partial charge in [-0.25, -0.2) is 0 Å². The van der Waals surface area contributed by atoms with Gasteiger partial charge in [0.15, 0.2) is 11.5 Å². The summed E-state index contributed by atoms with van der Waals surface area (Å²) in [7, 11) is 4.77. The number of carbonyl (C=O) groups excluding carboxylic acids is 1. The lowest BCUT2D eigenvalue weighted by Gasteiger charge is -2.14. The van der Waals surface area contributed by atoms with E-state index in [-0.39, 0.29) is 5.78 Å². The molecule has 0 N–H and O–H groups in total. The van der Waals surface area contributed by atoms with E-state index < -0.39 is 0 Å². The molecule has 0 aromatic heterocycles. The number of hydrogen-bond donors (Lipinski definition) is 0. The molecule has 0 saturated heterocycles. The van der Waals surface area contributed by atoms with Crippen LogP contribution in [0.4, 0.5) is 0 Å². The van der Waals surface area contributed by atoms with E-state index in [1.807, 2.05) is 12.1 Å². The van der Waals surface area contributed by atoms with E-state index in [0.29, 0.717) is 24.5 Å². The normalized spacial score (nSPS) is 10.1. The van der Waals surface area contributed by atoms with Crippen LogP contribution in [0.25, 0.3) is 0 Å². The van der Waals surface area contributed by atoms with Crippen LogP contribution in [0.1, 0.15) is 18.1 Å². The van der Waals surface area contributed by atoms with Crippen LogP contribution in [0, 0.1) is 0 Å². The summed E-state index contributed by atoms with van der Waals surface area (Å²) in [6, 6.07) is 3.76. The number of methoxy groups -OCH3 is 3. The van der Waals surface area contributed by atoms with Gasteiger partial charge in [0, 0.05) is 19.1 Å². The first-order valence-corrected chi connectivity index (χ1v) is 5.34. The van der Waals surface area contributed by atoms with E-state index in [1.165, 1.54) is 0 Å². The third kappa shape index (κ3) is 3.46. The average Bonchev–Trinajstić information content (AvgIpc) is 2.28. The van der Waals surface area contributed by atoms with E-state index in [4.69, 9.17) is 14.2 Å². The van der Waals surface area contributed by atoms with Gasteiger partial charge < -0.3 is 14.2 Å². The lowest BCUT2D eigenvalue weighted by atomic mass is 10.0. The van der Waals surface area contributed by atoms with E-state index in [1.54, 1.807) is 28.3 Å². The molecule has 0 unspecified atom stereocenters. The average molecular weight is 238 g/mol. The van der Waals surface area contributed by atoms with Crippen LogP contribution in [0.2, 0.25) is 0 Å². The van der Waals surface area contributed by atoms with Crippen LogP contribution < -0.4 is 9.47 Å². The molecule has 1 rings (SSSR count). The summed E-state index contributed by atoms with van der Waals surface area (Å²) in [6.45, 7) is 2.03. The van der Waals surface area contributed by atoms with Crippen molar-refractivity contribution < 1.29 is 19.0 Å². The molecule has 0 fully saturated rings. The summed E-state index contributed by atoms with van der Waals surface area (Å²) in [4.78, 5) is 11.2. The van der Waals surface area contributed by atoms with Gasteiger partial charge in [-0.15, -0.1) is 0 Å². The topological polar surface area (TPSA) is 44.8 Å². The molecule has 0 radical (unpaired) electrons. The van der Waals surface area contributed by atoms with Crippen molar-refractivity contribution in [3.8, 4) is 11.5 Å². The van der Waals surface area contributed by atoms with Gasteiger partial charge in [-0.1, -0.05) is 0 Å². The number of Topliss-reactive ketones (excluding diaryl/α,β-unsaturated/α-hetero) is 1. The molecule has 1 aromatic carbocycles. The fourth-order valence-electron chi connectivity index (χ4n) is 1.76. The molecule has 0 spiro atoms. The zero-order valence-corrected chi connectivity index (χ0v) is 10.7. The molecule has 0 heterocycles. The Balaban J connectivity index is 3.21. The van der Waals surface area contributed by atoms with Crippen molar-refractivity contribution in [2.24, 2.45) is 0 Å². The maximum Gasteiger partial charge on any atom is 0.164 e. The second-order valence-corrected chi connectivity index (χ2v) is 3.80. The van der Waals surface area contributed by atoms with Crippen LogP contribution in [0.15, 0.2) is 12.1 Å². The number of ketones is 1. The van der Waals surface area contributed by atoms with Crippen LogP contribution in [-0.4, -0.2) is 27.1 Å². The van der Waals surface area contributed by atoms with Crippen LogP contribution in [0.3, 0.4) is 0 Å². The third-order valence-electron chi connectivity index (χ3n) is 2.37. The molecule has 0 aliphatic carbocycles. The monoisotopic (exact) mass is 238 g/mol. The smallest absolute Gasteiger partial charge is 0.164 e. The Morgan fingerprint density at radius 2 is 1.88 bits per heavy atom. The first kappa shape index (κ1) is 13.5. The molecule has 4 heteroatoms. The maximum atomic E-state index is 11.2. The number of benzene rings is 1. The summed E-state index contributed by atoms with van der Waals surface area (Å²) in [5.41, 5.74) is 1.78. The minimum absolute atomic E-state index is 0.0833. The fourth-order valence-corrected chi connectivity index (χ4v) is 1.76. The van der Waals surface area contributed by atoms with Crippen molar-refractivity contribution in [3.63, 3.8) is 0 Å². The summed E-state index contributed by atoms with van der Waals surface area (Å²) < 4.78 is 15.6. The first-order valence-electron chi connectivity index (χ1n) is 5.34. The molecule has 0 amide bonds. The molecule has 0 bridgehead atoms. The van der Waals surface area contributed by atoms with Crippen molar-refractivity contribution in [1.29, 1.82) is 0 Å². The number of ether oxygens (including phenoxy) is 3. The second-order valence-electron chi connectivity index (χ2n) is 3.80. The zero-order valence-electron chi connectivity index (χ0n) is 10.7. The summed E-state index contributed by atoms with van der Waals surface area (Å²) in [5, 5.41) is 0. The Morgan fingerprint density at radius 3 is 2.35 bits per heavy atom. The number of rotatable bonds is 6. The maximum absolute atomic E-state index is 11.2. The largest absolute Gasteiger partial charge is 0.493 e. The van der Waals surface area contributed by atoms with Crippen molar-refractivity contribution in [2.45, 2.75) is 20.0 Å². The minimum atomic E-state index is 0.0833. The third-order valence-corrected chi connectivity index (χ3v) is 2.37. The highest BCUT2D eigenvalue weighted by Gasteiger charge is 2.13. The molecule has 0 aliphatic heterocycles. The molecular formula is C13H18O4. The summed E-state index contributed by atoms with van der Waals surface area (Å²) >= 11 is 0. The lowest BCUT2D eigenvalue weighted by molar-refractivity contribution is -0.116. The standard InChI is InChI=1S/C13H18O4/c1-9(14)5-11-6-10(8-15-2)7-12(16-3)13(11)17-4/h6-7H,5,8H2,1-4H3. The van der Waals surface area contributed by atoms with Crippen molar-refractivity contribution in [2.75, 3.05) is 21.3 Å².